The van der Waals surface area contributed by atoms with Gasteiger partial charge in [0.05, 0.1) is 29.3 Å². The highest BCUT2D eigenvalue weighted by Crippen LogP contribution is 2.38. The molecule has 0 aliphatic rings. The van der Waals surface area contributed by atoms with Gasteiger partial charge in [0, 0.05) is 31.1 Å². The Kier molecular flexibility index (Phi) is 8.75. The highest BCUT2D eigenvalue weighted by atomic mass is 19.4. The number of carbonyl (C=O) groups is 2. The van der Waals surface area contributed by atoms with Crippen LogP contribution < -0.4 is 15.4 Å². The molecule has 0 bridgehead atoms. The molecule has 0 unspecified atom stereocenters. The van der Waals surface area contributed by atoms with Crippen molar-refractivity contribution in [2.75, 3.05) is 20.7 Å². The molecule has 4 aromatic rings. The molecule has 11 heteroatoms. The van der Waals surface area contributed by atoms with Crippen molar-refractivity contribution in [2.24, 2.45) is 0 Å². The Bertz CT molecular complexity index is 1590. The molecule has 0 atom stereocenters. The molecule has 0 fully saturated rings. The Hall–Kier alpha value is -4.67. The minimum Gasteiger partial charge on any atom is -0.496 e. The van der Waals surface area contributed by atoms with E-state index >= 15 is 0 Å². The van der Waals surface area contributed by atoms with Gasteiger partial charge in [-0.2, -0.15) is 13.2 Å². The fourth-order valence-electron chi connectivity index (χ4n) is 4.35. The molecule has 4 rings (SSSR count). The first-order valence-electron chi connectivity index (χ1n) is 12.6. The number of rotatable bonds is 10. The van der Waals surface area contributed by atoms with Crippen LogP contribution in [0.1, 0.15) is 39.3 Å². The first-order valence-corrected chi connectivity index (χ1v) is 12.6. The van der Waals surface area contributed by atoms with Gasteiger partial charge in [-0.1, -0.05) is 12.1 Å². The molecule has 0 aliphatic carbocycles. The normalized spacial score (nSPS) is 11.4. The Labute approximate surface area is 233 Å². The lowest BCUT2D eigenvalue weighted by molar-refractivity contribution is -0.134. The number of benzene rings is 2. The molecule has 2 amide bonds. The number of carbonyl (C=O) groups excluding carboxylic acids is 2. The van der Waals surface area contributed by atoms with E-state index in [0.29, 0.717) is 24.1 Å². The fourth-order valence-corrected chi connectivity index (χ4v) is 4.35. The van der Waals surface area contributed by atoms with E-state index in [2.05, 4.69) is 22.2 Å². The van der Waals surface area contributed by atoms with Crippen molar-refractivity contribution >= 4 is 22.9 Å². The van der Waals surface area contributed by atoms with Crippen LogP contribution in [-0.4, -0.2) is 43.7 Å². The molecule has 2 N–H and O–H groups in total. The minimum atomic E-state index is -4.46. The summed E-state index contributed by atoms with van der Waals surface area (Å²) in [7, 11) is 2.82. The van der Waals surface area contributed by atoms with Gasteiger partial charge in [-0.15, -0.1) is 6.58 Å². The Morgan fingerprint density at radius 3 is 2.41 bits per heavy atom. The molecule has 0 saturated heterocycles. The zero-order valence-corrected chi connectivity index (χ0v) is 22.3. The fraction of sp³-hybridized carbons (Fsp3) is 0.233. The number of alkyl halides is 3. The van der Waals surface area contributed by atoms with Gasteiger partial charge in [0.15, 0.2) is 0 Å². The number of halogens is 4. The molecule has 2 aromatic carbocycles. The maximum atomic E-state index is 13.6. The van der Waals surface area contributed by atoms with Crippen molar-refractivity contribution in [3.05, 3.63) is 83.8 Å². The van der Waals surface area contributed by atoms with Crippen molar-refractivity contribution in [1.29, 1.82) is 0 Å². The number of nitrogens with zero attached hydrogens (tertiary/aromatic N) is 1. The van der Waals surface area contributed by atoms with Crippen LogP contribution in [0.5, 0.6) is 5.75 Å². The van der Waals surface area contributed by atoms with E-state index in [0.717, 1.165) is 0 Å². The number of hydrogen-bond donors (Lipinski definition) is 2. The lowest BCUT2D eigenvalue weighted by Gasteiger charge is -2.14. The highest BCUT2D eigenvalue weighted by Gasteiger charge is 2.29. The van der Waals surface area contributed by atoms with Gasteiger partial charge in [0.2, 0.25) is 5.71 Å². The number of methoxy groups -OCH3 is 1. The number of amides is 2. The Morgan fingerprint density at radius 2 is 1.78 bits per heavy atom. The van der Waals surface area contributed by atoms with Crippen LogP contribution in [-0.2, 0) is 6.42 Å². The maximum Gasteiger partial charge on any atom is 0.389 e. The largest absolute Gasteiger partial charge is 0.496 e. The third-order valence-electron chi connectivity index (χ3n) is 6.36. The quantitative estimate of drug-likeness (QED) is 0.130. The lowest BCUT2D eigenvalue weighted by Crippen LogP contribution is -2.24. The van der Waals surface area contributed by atoms with Crippen LogP contribution >= 0.6 is 0 Å². The van der Waals surface area contributed by atoms with Gasteiger partial charge < -0.3 is 19.8 Å². The molecule has 7 nitrogen and oxygen atoms in total. The van der Waals surface area contributed by atoms with Gasteiger partial charge >= 0.3 is 6.18 Å². The van der Waals surface area contributed by atoms with E-state index < -0.39 is 36.6 Å². The number of ether oxygens (including phenoxy) is 1. The zero-order chi connectivity index (χ0) is 29.7. The summed E-state index contributed by atoms with van der Waals surface area (Å²) in [6, 6.07) is 11.4. The minimum absolute atomic E-state index is 0.0558. The van der Waals surface area contributed by atoms with Gasteiger partial charge in [-0.05, 0) is 60.9 Å². The number of pyridine rings is 1. The molecule has 2 heterocycles. The second-order valence-corrected chi connectivity index (χ2v) is 9.09. The molecule has 0 spiro atoms. The number of nitrogens with one attached hydrogen (secondary N) is 2. The zero-order valence-electron chi connectivity index (χ0n) is 22.3. The van der Waals surface area contributed by atoms with Crippen molar-refractivity contribution in [3.63, 3.8) is 0 Å². The summed E-state index contributed by atoms with van der Waals surface area (Å²) in [6.07, 6.45) is -3.91. The molecule has 0 aliphatic heterocycles. The molecule has 0 saturated carbocycles. The summed E-state index contributed by atoms with van der Waals surface area (Å²) in [5.41, 5.74) is 1.30. The summed E-state index contributed by atoms with van der Waals surface area (Å²) in [5.74, 6) is -1.11. The third kappa shape index (κ3) is 6.56. The predicted octanol–water partition coefficient (Wildman–Crippen LogP) is 6.47. The first kappa shape index (κ1) is 29.3. The summed E-state index contributed by atoms with van der Waals surface area (Å²) in [4.78, 5) is 30.3. The standard InChI is InChI=1S/C30H27F4N3O4/c1-4-5-14-36-27(38)21-15-18(8-11-24(21)40-3)20-16-22-25(28(39)35-2)26(17-6-9-19(31)10-7-17)41-29(22)37-23(20)12-13-30(32,33)34/h4,6-11,15-16H,1,5,12-14H2,2-3H3,(H,35,39)(H,36,38). The van der Waals surface area contributed by atoms with E-state index in [1.54, 1.807) is 12.1 Å². The Morgan fingerprint density at radius 1 is 1.07 bits per heavy atom. The molecular weight excluding hydrogens is 542 g/mol. The van der Waals surface area contributed by atoms with Crippen LogP contribution in [0.25, 0.3) is 33.6 Å². The van der Waals surface area contributed by atoms with Crippen molar-refractivity contribution in [1.82, 2.24) is 15.6 Å². The maximum absolute atomic E-state index is 13.6. The third-order valence-corrected chi connectivity index (χ3v) is 6.36. The molecule has 214 valence electrons. The second kappa shape index (κ2) is 12.2. The van der Waals surface area contributed by atoms with Crippen LogP contribution in [0.3, 0.4) is 0 Å². The van der Waals surface area contributed by atoms with Crippen molar-refractivity contribution in [3.8, 4) is 28.2 Å². The summed E-state index contributed by atoms with van der Waals surface area (Å²) >= 11 is 0. The van der Waals surface area contributed by atoms with Crippen molar-refractivity contribution in [2.45, 2.75) is 25.4 Å². The van der Waals surface area contributed by atoms with Crippen LogP contribution in [0.4, 0.5) is 17.6 Å². The lowest BCUT2D eigenvalue weighted by atomic mass is 9.96. The van der Waals surface area contributed by atoms with E-state index in [9.17, 15) is 27.2 Å². The average molecular weight is 570 g/mol. The van der Waals surface area contributed by atoms with E-state index in [1.165, 1.54) is 56.6 Å². The topological polar surface area (TPSA) is 93.5 Å². The van der Waals surface area contributed by atoms with Gasteiger partial charge in [0.25, 0.3) is 11.8 Å². The number of hydrogen-bond acceptors (Lipinski definition) is 5. The average Bonchev–Trinajstić information content (AvgIpc) is 3.33. The smallest absolute Gasteiger partial charge is 0.389 e. The van der Waals surface area contributed by atoms with E-state index in [-0.39, 0.29) is 45.0 Å². The number of aromatic nitrogens is 1. The summed E-state index contributed by atoms with van der Waals surface area (Å²) in [5, 5.41) is 5.53. The monoisotopic (exact) mass is 569 g/mol. The van der Waals surface area contributed by atoms with Gasteiger partial charge in [-0.25, -0.2) is 9.37 Å². The van der Waals surface area contributed by atoms with Gasteiger partial charge in [0.1, 0.15) is 17.3 Å². The predicted molar refractivity (Wildman–Crippen MR) is 146 cm³/mol. The Balaban J connectivity index is 1.94. The van der Waals surface area contributed by atoms with E-state index in [4.69, 9.17) is 9.15 Å². The van der Waals surface area contributed by atoms with Crippen molar-refractivity contribution < 1.29 is 36.3 Å². The number of furan rings is 1. The second-order valence-electron chi connectivity index (χ2n) is 9.09. The summed E-state index contributed by atoms with van der Waals surface area (Å²) < 4.78 is 64.6. The molecule has 41 heavy (non-hydrogen) atoms. The number of aryl methyl sites for hydroxylation is 1. The molecule has 0 radical (unpaired) electrons. The van der Waals surface area contributed by atoms with E-state index in [1.807, 2.05) is 0 Å². The number of fused-ring (bicyclic) bond motifs is 1. The summed E-state index contributed by atoms with van der Waals surface area (Å²) in [6.45, 7) is 3.95. The first-order chi connectivity index (χ1) is 19.6. The SMILES string of the molecule is C=CCCNC(=O)c1cc(-c2cc3c(C(=O)NC)c(-c4ccc(F)cc4)oc3nc2CCC(F)(F)F)ccc1OC. The highest BCUT2D eigenvalue weighted by molar-refractivity contribution is 6.11. The van der Waals surface area contributed by atoms with Gasteiger partial charge in [-0.3, -0.25) is 9.59 Å². The molecule has 2 aromatic heterocycles. The van der Waals surface area contributed by atoms with Crippen LogP contribution in [0.2, 0.25) is 0 Å². The van der Waals surface area contributed by atoms with Crippen LogP contribution in [0, 0.1) is 5.82 Å². The van der Waals surface area contributed by atoms with Crippen LogP contribution in [0.15, 0.2) is 65.6 Å². The molecular formula is C30H27F4N3O4.